The van der Waals surface area contributed by atoms with Crippen LogP contribution in [0.15, 0.2) is 53.0 Å². The molecule has 0 unspecified atom stereocenters. The van der Waals surface area contributed by atoms with Crippen LogP contribution in [0.4, 0.5) is 0 Å². The summed E-state index contributed by atoms with van der Waals surface area (Å²) in [4.78, 5) is 27.0. The smallest absolute Gasteiger partial charge is 0.242 e. The van der Waals surface area contributed by atoms with E-state index in [-0.39, 0.29) is 11.8 Å². The number of likely N-dealkylation sites (N-methyl/N-ethyl adjacent to an activating group) is 1. The Labute approximate surface area is 185 Å². The highest BCUT2D eigenvalue weighted by Crippen LogP contribution is 2.19. The van der Waals surface area contributed by atoms with Crippen LogP contribution in [0.1, 0.15) is 25.0 Å². The van der Waals surface area contributed by atoms with Gasteiger partial charge in [0, 0.05) is 23.3 Å². The Kier molecular flexibility index (Phi) is 9.54. The van der Waals surface area contributed by atoms with Crippen LogP contribution in [0, 0.1) is 0 Å². The zero-order chi connectivity index (χ0) is 21.2. The summed E-state index contributed by atoms with van der Waals surface area (Å²) in [5.41, 5.74) is 2.11. The molecule has 0 bridgehead atoms. The van der Waals surface area contributed by atoms with Crippen LogP contribution in [-0.4, -0.2) is 42.2 Å². The Morgan fingerprint density at radius 2 is 1.72 bits per heavy atom. The maximum absolute atomic E-state index is 13.0. The Morgan fingerprint density at radius 1 is 1.10 bits per heavy atom. The number of nitrogens with one attached hydrogen (secondary N) is 1. The zero-order valence-electron chi connectivity index (χ0n) is 17.0. The highest BCUT2D eigenvalue weighted by Gasteiger charge is 2.25. The van der Waals surface area contributed by atoms with Crippen LogP contribution >= 0.6 is 27.7 Å². The molecular formula is C22H27BrN2O3S. The maximum atomic E-state index is 13.0. The largest absolute Gasteiger partial charge is 0.497 e. The van der Waals surface area contributed by atoms with Crippen molar-refractivity contribution < 1.29 is 14.3 Å². The second-order valence-corrected chi connectivity index (χ2v) is 8.46. The van der Waals surface area contributed by atoms with Crippen LogP contribution in [0.2, 0.25) is 0 Å². The first kappa shape index (κ1) is 23.3. The van der Waals surface area contributed by atoms with Crippen molar-refractivity contribution in [2.24, 2.45) is 0 Å². The number of halogens is 1. The summed E-state index contributed by atoms with van der Waals surface area (Å²) < 4.78 is 6.15. The lowest BCUT2D eigenvalue weighted by atomic mass is 10.1. The van der Waals surface area contributed by atoms with Crippen LogP contribution in [-0.2, 0) is 21.9 Å². The Morgan fingerprint density at radius 3 is 2.31 bits per heavy atom. The minimum atomic E-state index is -0.535. The number of amides is 2. The molecule has 0 aliphatic heterocycles. The van der Waals surface area contributed by atoms with E-state index in [9.17, 15) is 9.59 Å². The standard InChI is InChI=1S/C22H27BrN2O3S/c1-4-24-22(27)16(2)25(13-17-5-9-19(23)10-6-17)21(26)15-29-14-18-7-11-20(28-3)12-8-18/h5-12,16H,4,13-15H2,1-3H3,(H,24,27)/t16-/m1/s1. The molecule has 5 nitrogen and oxygen atoms in total. The van der Waals surface area contributed by atoms with E-state index in [1.54, 1.807) is 30.7 Å². The molecule has 1 N–H and O–H groups in total. The first-order chi connectivity index (χ1) is 13.9. The van der Waals surface area contributed by atoms with Gasteiger partial charge in [0.25, 0.3) is 0 Å². The molecule has 1 atom stereocenters. The number of ether oxygens (including phenoxy) is 1. The van der Waals surface area contributed by atoms with Crippen molar-refractivity contribution in [3.05, 3.63) is 64.1 Å². The fourth-order valence-corrected chi connectivity index (χ4v) is 3.89. The van der Waals surface area contributed by atoms with E-state index >= 15 is 0 Å². The summed E-state index contributed by atoms with van der Waals surface area (Å²) >= 11 is 4.96. The SMILES string of the molecule is CCNC(=O)[C@@H](C)N(Cc1ccc(Br)cc1)C(=O)CSCc1ccc(OC)cc1. The van der Waals surface area contributed by atoms with Crippen molar-refractivity contribution in [2.75, 3.05) is 19.4 Å². The Hall–Kier alpha value is -1.99. The topological polar surface area (TPSA) is 58.6 Å². The number of thioether (sulfide) groups is 1. The van der Waals surface area contributed by atoms with E-state index in [4.69, 9.17) is 4.74 Å². The highest BCUT2D eigenvalue weighted by molar-refractivity contribution is 9.10. The van der Waals surface area contributed by atoms with Crippen molar-refractivity contribution in [2.45, 2.75) is 32.2 Å². The average molecular weight is 479 g/mol. The molecule has 0 aromatic heterocycles. The fraction of sp³-hybridized carbons (Fsp3) is 0.364. The molecule has 2 aromatic rings. The van der Waals surface area contributed by atoms with Crippen molar-refractivity contribution in [3.63, 3.8) is 0 Å². The van der Waals surface area contributed by atoms with Gasteiger partial charge in [-0.15, -0.1) is 11.8 Å². The summed E-state index contributed by atoms with van der Waals surface area (Å²) in [6.07, 6.45) is 0. The second kappa shape index (κ2) is 11.9. The van der Waals surface area contributed by atoms with Gasteiger partial charge in [-0.05, 0) is 49.2 Å². The highest BCUT2D eigenvalue weighted by atomic mass is 79.9. The first-order valence-electron chi connectivity index (χ1n) is 9.47. The lowest BCUT2D eigenvalue weighted by molar-refractivity contribution is -0.138. The Bertz CT molecular complexity index is 797. The van der Waals surface area contributed by atoms with Gasteiger partial charge >= 0.3 is 0 Å². The van der Waals surface area contributed by atoms with Gasteiger partial charge in [0.05, 0.1) is 12.9 Å². The van der Waals surface area contributed by atoms with Crippen molar-refractivity contribution in [1.82, 2.24) is 10.2 Å². The zero-order valence-corrected chi connectivity index (χ0v) is 19.4. The van der Waals surface area contributed by atoms with Gasteiger partial charge in [-0.25, -0.2) is 0 Å². The minimum absolute atomic E-state index is 0.0508. The third-order valence-electron chi connectivity index (χ3n) is 4.44. The normalized spacial score (nSPS) is 11.6. The van der Waals surface area contributed by atoms with E-state index in [2.05, 4.69) is 21.2 Å². The first-order valence-corrected chi connectivity index (χ1v) is 11.4. The summed E-state index contributed by atoms with van der Waals surface area (Å²) in [5.74, 6) is 1.65. The number of carbonyl (C=O) groups excluding carboxylic acids is 2. The van der Waals surface area contributed by atoms with Gasteiger partial charge in [0.1, 0.15) is 11.8 Å². The van der Waals surface area contributed by atoms with Gasteiger partial charge in [0.15, 0.2) is 0 Å². The third-order valence-corrected chi connectivity index (χ3v) is 5.95. The van der Waals surface area contributed by atoms with E-state index in [0.717, 1.165) is 27.1 Å². The molecule has 0 aliphatic rings. The molecule has 0 fully saturated rings. The third kappa shape index (κ3) is 7.40. The van der Waals surface area contributed by atoms with E-state index in [1.165, 1.54) is 0 Å². The maximum Gasteiger partial charge on any atom is 0.242 e. The number of hydrogen-bond donors (Lipinski definition) is 1. The number of nitrogens with zero attached hydrogens (tertiary/aromatic N) is 1. The van der Waals surface area contributed by atoms with Gasteiger partial charge in [0.2, 0.25) is 11.8 Å². The predicted molar refractivity (Wildman–Crippen MR) is 122 cm³/mol. The van der Waals surface area contributed by atoms with Crippen molar-refractivity contribution >= 4 is 39.5 Å². The van der Waals surface area contributed by atoms with Crippen LogP contribution < -0.4 is 10.1 Å². The van der Waals surface area contributed by atoms with Crippen molar-refractivity contribution in [3.8, 4) is 5.75 Å². The van der Waals surface area contributed by atoms with E-state index in [1.807, 2.05) is 55.5 Å². The van der Waals surface area contributed by atoms with Gasteiger partial charge in [-0.3, -0.25) is 9.59 Å². The molecule has 29 heavy (non-hydrogen) atoms. The number of hydrogen-bond acceptors (Lipinski definition) is 4. The lowest BCUT2D eigenvalue weighted by Gasteiger charge is -2.28. The van der Waals surface area contributed by atoms with Gasteiger partial charge in [-0.1, -0.05) is 40.2 Å². The molecule has 0 heterocycles. The van der Waals surface area contributed by atoms with Gasteiger partial charge < -0.3 is 15.0 Å². The summed E-state index contributed by atoms with van der Waals surface area (Å²) in [6, 6.07) is 15.1. The molecule has 2 rings (SSSR count). The predicted octanol–water partition coefficient (Wildman–Crippen LogP) is 4.24. The number of benzene rings is 2. The Balaban J connectivity index is 2.02. The van der Waals surface area contributed by atoms with E-state index in [0.29, 0.717) is 18.8 Å². The summed E-state index contributed by atoms with van der Waals surface area (Å²) in [5, 5.41) is 2.81. The monoisotopic (exact) mass is 478 g/mol. The minimum Gasteiger partial charge on any atom is -0.497 e. The lowest BCUT2D eigenvalue weighted by Crippen LogP contribution is -2.48. The summed E-state index contributed by atoms with van der Waals surface area (Å²) in [6.45, 7) is 4.58. The molecule has 0 aliphatic carbocycles. The quantitative estimate of drug-likeness (QED) is 0.554. The molecule has 0 radical (unpaired) electrons. The van der Waals surface area contributed by atoms with E-state index < -0.39 is 6.04 Å². The van der Waals surface area contributed by atoms with Crippen LogP contribution in [0.5, 0.6) is 5.75 Å². The van der Waals surface area contributed by atoms with Crippen LogP contribution in [0.25, 0.3) is 0 Å². The molecule has 2 aromatic carbocycles. The average Bonchev–Trinajstić information content (AvgIpc) is 2.73. The molecule has 2 amide bonds. The molecular weight excluding hydrogens is 452 g/mol. The van der Waals surface area contributed by atoms with Gasteiger partial charge in [-0.2, -0.15) is 0 Å². The summed E-state index contributed by atoms with van der Waals surface area (Å²) in [7, 11) is 1.64. The second-order valence-electron chi connectivity index (χ2n) is 6.56. The molecule has 0 saturated heterocycles. The molecule has 0 spiro atoms. The number of methoxy groups -OCH3 is 1. The number of rotatable bonds is 10. The fourth-order valence-electron chi connectivity index (χ4n) is 2.75. The molecule has 0 saturated carbocycles. The van der Waals surface area contributed by atoms with Crippen LogP contribution in [0.3, 0.4) is 0 Å². The molecule has 7 heteroatoms. The number of carbonyl (C=O) groups is 2. The molecule has 156 valence electrons. The van der Waals surface area contributed by atoms with Crippen molar-refractivity contribution in [1.29, 1.82) is 0 Å².